The van der Waals surface area contributed by atoms with Crippen LogP contribution >= 0.6 is 0 Å². The average molecular weight is 226 g/mol. The largest absolute Gasteiger partial charge is 0.311 e. The Bertz CT molecular complexity index is 207. The van der Waals surface area contributed by atoms with Gasteiger partial charge in [0, 0.05) is 31.7 Å². The van der Waals surface area contributed by atoms with Crippen LogP contribution in [0.4, 0.5) is 0 Å². The van der Waals surface area contributed by atoms with Crippen molar-refractivity contribution in [1.82, 2.24) is 10.2 Å². The molecule has 1 rings (SSSR count). The highest BCUT2D eigenvalue weighted by atomic mass is 15.2. The number of hydrogen-bond donors (Lipinski definition) is 1. The molecule has 0 spiro atoms. The lowest BCUT2D eigenvalue weighted by Crippen LogP contribution is -2.56. The van der Waals surface area contributed by atoms with Gasteiger partial charge in [0.25, 0.3) is 0 Å². The number of nitrogens with zero attached hydrogens (tertiary/aromatic N) is 1. The Balaban J connectivity index is 2.55. The predicted molar refractivity (Wildman–Crippen MR) is 71.7 cm³/mol. The Morgan fingerprint density at radius 3 is 2.50 bits per heavy atom. The first kappa shape index (κ1) is 14.0. The molecule has 0 aromatic rings. The molecule has 1 saturated heterocycles. The minimum Gasteiger partial charge on any atom is -0.311 e. The third-order valence-electron chi connectivity index (χ3n) is 4.18. The Hall–Kier alpha value is -0.0800. The summed E-state index contributed by atoms with van der Waals surface area (Å²) in [6.07, 6.45) is 1.26. The summed E-state index contributed by atoms with van der Waals surface area (Å²) in [5.74, 6) is 0.756. The molecular weight excluding hydrogens is 196 g/mol. The fourth-order valence-corrected chi connectivity index (χ4v) is 2.28. The Morgan fingerprint density at radius 1 is 1.38 bits per heavy atom. The molecule has 2 nitrogen and oxygen atoms in total. The SMILES string of the molecule is CCC1CNC(C)CN1CC(C)C(C)(C)C. The van der Waals surface area contributed by atoms with Crippen molar-refractivity contribution in [2.75, 3.05) is 19.6 Å². The van der Waals surface area contributed by atoms with Crippen molar-refractivity contribution in [3.05, 3.63) is 0 Å². The zero-order valence-electron chi connectivity index (χ0n) is 12.0. The highest BCUT2D eigenvalue weighted by Gasteiger charge is 2.29. The summed E-state index contributed by atoms with van der Waals surface area (Å²) in [7, 11) is 0. The number of rotatable bonds is 3. The third kappa shape index (κ3) is 3.74. The summed E-state index contributed by atoms with van der Waals surface area (Å²) < 4.78 is 0. The van der Waals surface area contributed by atoms with Crippen molar-refractivity contribution in [3.8, 4) is 0 Å². The van der Waals surface area contributed by atoms with Crippen LogP contribution in [0.1, 0.15) is 48.0 Å². The summed E-state index contributed by atoms with van der Waals surface area (Å²) in [5, 5.41) is 3.58. The maximum absolute atomic E-state index is 3.58. The van der Waals surface area contributed by atoms with Gasteiger partial charge < -0.3 is 5.32 Å². The van der Waals surface area contributed by atoms with Crippen molar-refractivity contribution in [1.29, 1.82) is 0 Å². The topological polar surface area (TPSA) is 15.3 Å². The lowest BCUT2D eigenvalue weighted by Gasteiger charge is -2.42. The highest BCUT2D eigenvalue weighted by molar-refractivity contribution is 4.85. The van der Waals surface area contributed by atoms with Crippen molar-refractivity contribution in [3.63, 3.8) is 0 Å². The minimum absolute atomic E-state index is 0.423. The van der Waals surface area contributed by atoms with Crippen LogP contribution in [0.25, 0.3) is 0 Å². The summed E-state index contributed by atoms with van der Waals surface area (Å²) in [6, 6.07) is 1.39. The number of nitrogens with one attached hydrogen (secondary N) is 1. The molecule has 0 aromatic heterocycles. The van der Waals surface area contributed by atoms with Crippen LogP contribution in [-0.4, -0.2) is 36.6 Å². The molecule has 3 atom stereocenters. The molecular formula is C14H30N2. The molecule has 2 heteroatoms. The number of piperazine rings is 1. The van der Waals surface area contributed by atoms with E-state index in [4.69, 9.17) is 0 Å². The molecule has 3 unspecified atom stereocenters. The van der Waals surface area contributed by atoms with E-state index < -0.39 is 0 Å². The molecule has 0 amide bonds. The van der Waals surface area contributed by atoms with E-state index >= 15 is 0 Å². The van der Waals surface area contributed by atoms with Gasteiger partial charge in [0.15, 0.2) is 0 Å². The van der Waals surface area contributed by atoms with Crippen molar-refractivity contribution < 1.29 is 0 Å². The van der Waals surface area contributed by atoms with Gasteiger partial charge in [-0.3, -0.25) is 4.90 Å². The molecule has 1 aliphatic heterocycles. The van der Waals surface area contributed by atoms with Crippen LogP contribution in [0.2, 0.25) is 0 Å². The maximum Gasteiger partial charge on any atom is 0.0218 e. The molecule has 96 valence electrons. The van der Waals surface area contributed by atoms with Crippen LogP contribution in [-0.2, 0) is 0 Å². The third-order valence-corrected chi connectivity index (χ3v) is 4.18. The van der Waals surface area contributed by atoms with Crippen LogP contribution in [0.15, 0.2) is 0 Å². The van der Waals surface area contributed by atoms with E-state index in [9.17, 15) is 0 Å². The molecule has 0 aromatic carbocycles. The minimum atomic E-state index is 0.423. The zero-order chi connectivity index (χ0) is 12.3. The van der Waals surface area contributed by atoms with Crippen molar-refractivity contribution in [2.45, 2.75) is 60.0 Å². The van der Waals surface area contributed by atoms with Gasteiger partial charge in [-0.05, 0) is 24.7 Å². The van der Waals surface area contributed by atoms with Crippen LogP contribution in [0.5, 0.6) is 0 Å². The van der Waals surface area contributed by atoms with E-state index in [0.29, 0.717) is 11.5 Å². The first-order valence-corrected chi connectivity index (χ1v) is 6.82. The van der Waals surface area contributed by atoms with Gasteiger partial charge in [-0.15, -0.1) is 0 Å². The second-order valence-electron chi connectivity index (χ2n) is 6.59. The molecule has 0 bridgehead atoms. The van der Waals surface area contributed by atoms with E-state index in [1.807, 2.05) is 0 Å². The fourth-order valence-electron chi connectivity index (χ4n) is 2.28. The van der Waals surface area contributed by atoms with E-state index in [1.165, 1.54) is 19.5 Å². The van der Waals surface area contributed by atoms with Gasteiger partial charge in [0.2, 0.25) is 0 Å². The molecule has 1 aliphatic rings. The van der Waals surface area contributed by atoms with E-state index in [2.05, 4.69) is 51.8 Å². The normalized spacial score (nSPS) is 30.4. The molecule has 16 heavy (non-hydrogen) atoms. The Morgan fingerprint density at radius 2 is 2.00 bits per heavy atom. The lowest BCUT2D eigenvalue weighted by atomic mass is 9.81. The van der Waals surface area contributed by atoms with Crippen LogP contribution in [0.3, 0.4) is 0 Å². The maximum atomic E-state index is 3.58. The second-order valence-corrected chi connectivity index (χ2v) is 6.59. The smallest absolute Gasteiger partial charge is 0.0218 e. The summed E-state index contributed by atoms with van der Waals surface area (Å²) in [5.41, 5.74) is 0.423. The lowest BCUT2D eigenvalue weighted by molar-refractivity contribution is 0.0847. The van der Waals surface area contributed by atoms with Crippen molar-refractivity contribution >= 4 is 0 Å². The van der Waals surface area contributed by atoms with E-state index in [-0.39, 0.29) is 0 Å². The van der Waals surface area contributed by atoms with E-state index in [1.54, 1.807) is 0 Å². The van der Waals surface area contributed by atoms with Gasteiger partial charge in [0.05, 0.1) is 0 Å². The summed E-state index contributed by atoms with van der Waals surface area (Å²) >= 11 is 0. The molecule has 0 aliphatic carbocycles. The summed E-state index contributed by atoms with van der Waals surface area (Å²) in [4.78, 5) is 2.69. The van der Waals surface area contributed by atoms with Crippen LogP contribution in [0, 0.1) is 11.3 Å². The zero-order valence-corrected chi connectivity index (χ0v) is 12.0. The van der Waals surface area contributed by atoms with Gasteiger partial charge in [-0.1, -0.05) is 34.6 Å². The molecule has 1 heterocycles. The van der Waals surface area contributed by atoms with Gasteiger partial charge >= 0.3 is 0 Å². The first-order chi connectivity index (χ1) is 7.34. The van der Waals surface area contributed by atoms with Crippen LogP contribution < -0.4 is 5.32 Å². The Labute approximate surface area is 102 Å². The first-order valence-electron chi connectivity index (χ1n) is 6.82. The fraction of sp³-hybridized carbons (Fsp3) is 1.00. The summed E-state index contributed by atoms with van der Waals surface area (Å²) in [6.45, 7) is 17.7. The quantitative estimate of drug-likeness (QED) is 0.796. The average Bonchev–Trinajstić information content (AvgIpc) is 2.16. The van der Waals surface area contributed by atoms with Gasteiger partial charge in [0.1, 0.15) is 0 Å². The second kappa shape index (κ2) is 5.50. The van der Waals surface area contributed by atoms with Gasteiger partial charge in [-0.25, -0.2) is 0 Å². The Kier molecular flexibility index (Phi) is 4.81. The molecule has 0 saturated carbocycles. The van der Waals surface area contributed by atoms with Gasteiger partial charge in [-0.2, -0.15) is 0 Å². The highest BCUT2D eigenvalue weighted by Crippen LogP contribution is 2.27. The monoisotopic (exact) mass is 226 g/mol. The van der Waals surface area contributed by atoms with Crippen molar-refractivity contribution in [2.24, 2.45) is 11.3 Å². The number of hydrogen-bond acceptors (Lipinski definition) is 2. The molecule has 1 fully saturated rings. The molecule has 0 radical (unpaired) electrons. The standard InChI is InChI=1S/C14H30N2/c1-7-13-8-15-12(3)10-16(13)9-11(2)14(4,5)6/h11-13,15H,7-10H2,1-6H3. The van der Waals surface area contributed by atoms with E-state index in [0.717, 1.165) is 18.5 Å². The molecule has 1 N–H and O–H groups in total. The predicted octanol–water partition coefficient (Wildman–Crippen LogP) is 2.74.